The van der Waals surface area contributed by atoms with Gasteiger partial charge in [-0.1, -0.05) is 43.5 Å². The van der Waals surface area contributed by atoms with Crippen molar-refractivity contribution in [3.05, 3.63) is 79.8 Å². The van der Waals surface area contributed by atoms with Crippen LogP contribution in [0.5, 0.6) is 17.2 Å². The molecule has 1 unspecified atom stereocenters. The summed E-state index contributed by atoms with van der Waals surface area (Å²) in [6.45, 7) is 3.74. The van der Waals surface area contributed by atoms with Crippen LogP contribution in [0.15, 0.2) is 52.1 Å². The first-order valence-electron chi connectivity index (χ1n) is 11.8. The monoisotopic (exact) mass is 572 g/mol. The van der Waals surface area contributed by atoms with Gasteiger partial charge in [0.05, 0.1) is 17.3 Å². The number of nitrogens with zero attached hydrogens (tertiary/aromatic N) is 2. The number of halogens is 5. The summed E-state index contributed by atoms with van der Waals surface area (Å²) >= 11 is 6.13. The summed E-state index contributed by atoms with van der Waals surface area (Å²) in [6.07, 6.45) is -3.41. The summed E-state index contributed by atoms with van der Waals surface area (Å²) < 4.78 is 71.4. The fourth-order valence-corrected chi connectivity index (χ4v) is 3.71. The molecule has 210 valence electrons. The molecule has 1 aromatic heterocycles. The van der Waals surface area contributed by atoms with Gasteiger partial charge in [-0.05, 0) is 31.5 Å². The van der Waals surface area contributed by atoms with Crippen LogP contribution < -0.4 is 20.7 Å². The first-order valence-corrected chi connectivity index (χ1v) is 12.2. The van der Waals surface area contributed by atoms with Crippen LogP contribution in [0.2, 0.25) is 5.02 Å². The van der Waals surface area contributed by atoms with Crippen LogP contribution in [0.3, 0.4) is 0 Å². The smallest absolute Gasteiger partial charge is 0.431 e. The molecule has 0 N–H and O–H groups in total. The predicted octanol–water partition coefficient (Wildman–Crippen LogP) is 5.64. The molecule has 0 saturated heterocycles. The zero-order valence-corrected chi connectivity index (χ0v) is 21.9. The number of alkyl halides is 3. The van der Waals surface area contributed by atoms with E-state index in [1.54, 1.807) is 12.1 Å². The van der Waals surface area contributed by atoms with E-state index in [1.165, 1.54) is 19.1 Å². The molecular formula is C26H25ClF4N2O6. The lowest BCUT2D eigenvalue weighted by Gasteiger charge is -2.18. The SMILES string of the molecule is CCCCCOC(=O)C(C)Oc1ccccc1Oc1cc(-n2c(=O)cc(C(F)(F)F)n(C)c2=O)c(F)cc1Cl. The second-order valence-electron chi connectivity index (χ2n) is 8.46. The Morgan fingerprint density at radius 1 is 1.05 bits per heavy atom. The Balaban J connectivity index is 1.94. The Kier molecular flexibility index (Phi) is 9.44. The van der Waals surface area contributed by atoms with E-state index in [0.717, 1.165) is 32.0 Å². The molecule has 0 aliphatic rings. The first-order chi connectivity index (χ1) is 18.3. The summed E-state index contributed by atoms with van der Waals surface area (Å²) in [5, 5.41) is -0.272. The molecule has 8 nitrogen and oxygen atoms in total. The molecule has 0 aliphatic carbocycles. The summed E-state index contributed by atoms with van der Waals surface area (Å²) in [5.74, 6) is -1.86. The molecular weight excluding hydrogens is 548 g/mol. The Morgan fingerprint density at radius 2 is 1.72 bits per heavy atom. The summed E-state index contributed by atoms with van der Waals surface area (Å²) in [7, 11) is 0.801. The molecule has 1 heterocycles. The highest BCUT2D eigenvalue weighted by Gasteiger charge is 2.35. The number of hydrogen-bond acceptors (Lipinski definition) is 6. The lowest BCUT2D eigenvalue weighted by atomic mass is 10.2. The van der Waals surface area contributed by atoms with Crippen LogP contribution in [0.1, 0.15) is 38.8 Å². The number of hydrogen-bond donors (Lipinski definition) is 0. The van der Waals surface area contributed by atoms with Crippen molar-refractivity contribution in [1.82, 2.24) is 9.13 Å². The number of esters is 1. The highest BCUT2D eigenvalue weighted by molar-refractivity contribution is 6.32. The van der Waals surface area contributed by atoms with Crippen LogP contribution in [0, 0.1) is 5.82 Å². The number of aromatic nitrogens is 2. The highest BCUT2D eigenvalue weighted by atomic mass is 35.5. The lowest BCUT2D eigenvalue weighted by Crippen LogP contribution is -2.41. The average Bonchev–Trinajstić information content (AvgIpc) is 2.86. The fraction of sp³-hybridized carbons (Fsp3) is 0.346. The topological polar surface area (TPSA) is 88.8 Å². The molecule has 0 saturated carbocycles. The van der Waals surface area contributed by atoms with Crippen molar-refractivity contribution in [1.29, 1.82) is 0 Å². The lowest BCUT2D eigenvalue weighted by molar-refractivity contribution is -0.151. The van der Waals surface area contributed by atoms with Crippen LogP contribution >= 0.6 is 11.6 Å². The maximum atomic E-state index is 14.8. The predicted molar refractivity (Wildman–Crippen MR) is 134 cm³/mol. The van der Waals surface area contributed by atoms with Gasteiger partial charge in [0, 0.05) is 19.2 Å². The van der Waals surface area contributed by atoms with Gasteiger partial charge in [0.15, 0.2) is 17.6 Å². The zero-order chi connectivity index (χ0) is 28.9. The van der Waals surface area contributed by atoms with Gasteiger partial charge in [-0.3, -0.25) is 9.36 Å². The van der Waals surface area contributed by atoms with E-state index in [1.807, 2.05) is 6.92 Å². The van der Waals surface area contributed by atoms with Crippen molar-refractivity contribution in [3.8, 4) is 22.9 Å². The molecule has 0 bridgehead atoms. The van der Waals surface area contributed by atoms with Gasteiger partial charge in [-0.2, -0.15) is 13.2 Å². The van der Waals surface area contributed by atoms with Gasteiger partial charge in [0.1, 0.15) is 17.3 Å². The number of unbranched alkanes of at least 4 members (excludes halogenated alkanes) is 2. The van der Waals surface area contributed by atoms with E-state index in [2.05, 4.69) is 0 Å². The quantitative estimate of drug-likeness (QED) is 0.177. The number of para-hydroxylation sites is 2. The number of carbonyl (C=O) groups is 1. The van der Waals surface area contributed by atoms with Gasteiger partial charge >= 0.3 is 17.8 Å². The number of ether oxygens (including phenoxy) is 3. The standard InChI is InChI=1S/C26H25ClF4N2O6/c1-4-5-8-11-37-24(35)15(2)38-19-9-6-7-10-20(19)39-21-13-18(17(28)12-16(21)27)33-23(34)14-22(26(29,30)31)32(3)25(33)36/h6-7,9-10,12-15H,4-5,8,11H2,1-3H3. The van der Waals surface area contributed by atoms with Gasteiger partial charge < -0.3 is 14.2 Å². The van der Waals surface area contributed by atoms with Crippen LogP contribution in [-0.4, -0.2) is 27.8 Å². The third-order valence-corrected chi connectivity index (χ3v) is 5.85. The van der Waals surface area contributed by atoms with Gasteiger partial charge in [-0.25, -0.2) is 18.5 Å². The van der Waals surface area contributed by atoms with E-state index in [0.29, 0.717) is 6.42 Å². The third kappa shape index (κ3) is 6.99. The van der Waals surface area contributed by atoms with Crippen molar-refractivity contribution < 1.29 is 36.6 Å². The third-order valence-electron chi connectivity index (χ3n) is 5.55. The minimum Gasteiger partial charge on any atom is -0.475 e. The van der Waals surface area contributed by atoms with E-state index in [4.69, 9.17) is 25.8 Å². The van der Waals surface area contributed by atoms with Crippen molar-refractivity contribution in [2.75, 3.05) is 6.61 Å². The minimum absolute atomic E-state index is 0.0373. The summed E-state index contributed by atoms with van der Waals surface area (Å²) in [4.78, 5) is 37.4. The Bertz CT molecular complexity index is 1470. The van der Waals surface area contributed by atoms with Crippen LogP contribution in [0.4, 0.5) is 17.6 Å². The Morgan fingerprint density at radius 3 is 2.36 bits per heavy atom. The maximum absolute atomic E-state index is 14.8. The molecule has 0 spiro atoms. The minimum atomic E-state index is -4.98. The summed E-state index contributed by atoms with van der Waals surface area (Å²) in [6, 6.07) is 7.95. The highest BCUT2D eigenvalue weighted by Crippen LogP contribution is 2.37. The van der Waals surface area contributed by atoms with E-state index >= 15 is 0 Å². The van der Waals surface area contributed by atoms with E-state index in [-0.39, 0.29) is 44.1 Å². The van der Waals surface area contributed by atoms with Gasteiger partial charge in [-0.15, -0.1) is 0 Å². The van der Waals surface area contributed by atoms with E-state index in [9.17, 15) is 31.9 Å². The maximum Gasteiger partial charge on any atom is 0.431 e. The van der Waals surface area contributed by atoms with Crippen molar-refractivity contribution in [2.24, 2.45) is 7.05 Å². The number of benzene rings is 2. The largest absolute Gasteiger partial charge is 0.475 e. The summed E-state index contributed by atoms with van der Waals surface area (Å²) in [5.41, 5.74) is -5.02. The van der Waals surface area contributed by atoms with Crippen molar-refractivity contribution in [2.45, 2.75) is 45.4 Å². The normalized spacial score (nSPS) is 12.2. The molecule has 3 aromatic rings. The van der Waals surface area contributed by atoms with Crippen LogP contribution in [0.25, 0.3) is 5.69 Å². The number of carbonyl (C=O) groups excluding carboxylic acids is 1. The second-order valence-corrected chi connectivity index (χ2v) is 8.87. The first kappa shape index (κ1) is 29.8. The molecule has 1 atom stereocenters. The molecule has 0 amide bonds. The molecule has 0 fully saturated rings. The van der Waals surface area contributed by atoms with Gasteiger partial charge in [0.2, 0.25) is 0 Å². The molecule has 3 rings (SSSR count). The molecule has 13 heteroatoms. The van der Waals surface area contributed by atoms with E-state index < -0.39 is 46.7 Å². The zero-order valence-electron chi connectivity index (χ0n) is 21.2. The van der Waals surface area contributed by atoms with Crippen molar-refractivity contribution in [3.63, 3.8) is 0 Å². The Labute approximate surface area is 225 Å². The molecule has 39 heavy (non-hydrogen) atoms. The Hall–Kier alpha value is -3.80. The van der Waals surface area contributed by atoms with Crippen LogP contribution in [-0.2, 0) is 22.8 Å². The van der Waals surface area contributed by atoms with Gasteiger partial charge in [0.25, 0.3) is 5.56 Å². The fourth-order valence-electron chi connectivity index (χ4n) is 3.52. The second kappa shape index (κ2) is 12.4. The molecule has 2 aromatic carbocycles. The number of rotatable bonds is 10. The molecule has 0 radical (unpaired) electrons. The van der Waals surface area contributed by atoms with Crippen molar-refractivity contribution >= 4 is 17.6 Å². The molecule has 0 aliphatic heterocycles. The average molecular weight is 573 g/mol.